The maximum absolute atomic E-state index is 12.0. The fourth-order valence-electron chi connectivity index (χ4n) is 1.19. The Balaban J connectivity index is 4.38. The van der Waals surface area contributed by atoms with Crippen LogP contribution in [0.15, 0.2) is 0 Å². The molecule has 0 radical (unpaired) electrons. The van der Waals surface area contributed by atoms with Crippen LogP contribution in [-0.4, -0.2) is 43.7 Å². The van der Waals surface area contributed by atoms with E-state index >= 15 is 0 Å². The van der Waals surface area contributed by atoms with Gasteiger partial charge in [0.2, 0.25) is 5.91 Å². The molecule has 90 valence electrons. The molecule has 15 heavy (non-hydrogen) atoms. The zero-order chi connectivity index (χ0) is 12.1. The molecule has 1 amide bonds. The number of likely N-dealkylation sites (N-methyl/N-ethyl adjacent to an activating group) is 1. The Labute approximate surface area is 92.8 Å². The Kier molecular flexibility index (Phi) is 5.83. The van der Waals surface area contributed by atoms with Gasteiger partial charge in [0.25, 0.3) is 0 Å². The van der Waals surface area contributed by atoms with Gasteiger partial charge in [0.1, 0.15) is 0 Å². The second kappa shape index (κ2) is 6.08. The lowest BCUT2D eigenvalue weighted by atomic mass is 9.86. The first-order valence-electron chi connectivity index (χ1n) is 5.37. The number of ether oxygens (including phenoxy) is 1. The first-order chi connectivity index (χ1) is 6.84. The molecular formula is C11H24N2O2. The molecule has 0 bridgehead atoms. The Morgan fingerprint density at radius 3 is 2.33 bits per heavy atom. The van der Waals surface area contributed by atoms with Crippen molar-refractivity contribution < 1.29 is 9.53 Å². The van der Waals surface area contributed by atoms with Crippen LogP contribution >= 0.6 is 0 Å². The number of methoxy groups -OCH3 is 1. The van der Waals surface area contributed by atoms with Crippen LogP contribution in [-0.2, 0) is 9.53 Å². The molecule has 0 aliphatic heterocycles. The van der Waals surface area contributed by atoms with Crippen molar-refractivity contribution in [1.29, 1.82) is 0 Å². The Bertz CT molecular complexity index is 199. The highest BCUT2D eigenvalue weighted by Crippen LogP contribution is 2.18. The van der Waals surface area contributed by atoms with E-state index in [0.29, 0.717) is 19.7 Å². The van der Waals surface area contributed by atoms with Gasteiger partial charge in [-0.25, -0.2) is 0 Å². The number of nitrogens with zero attached hydrogens (tertiary/aromatic N) is 1. The van der Waals surface area contributed by atoms with Gasteiger partial charge in [-0.2, -0.15) is 0 Å². The number of hydrogen-bond acceptors (Lipinski definition) is 3. The normalized spacial score (nSPS) is 13.7. The smallest absolute Gasteiger partial charge is 0.240 e. The molecule has 1 atom stereocenters. The van der Waals surface area contributed by atoms with Crippen LogP contribution in [0.1, 0.15) is 27.7 Å². The van der Waals surface area contributed by atoms with E-state index in [-0.39, 0.29) is 11.3 Å². The van der Waals surface area contributed by atoms with E-state index in [4.69, 9.17) is 10.5 Å². The summed E-state index contributed by atoms with van der Waals surface area (Å²) < 4.78 is 4.95. The van der Waals surface area contributed by atoms with Crippen molar-refractivity contribution in [3.05, 3.63) is 0 Å². The number of nitrogens with two attached hydrogens (primary N) is 1. The Hall–Kier alpha value is -0.610. The summed E-state index contributed by atoms with van der Waals surface area (Å²) in [4.78, 5) is 13.7. The van der Waals surface area contributed by atoms with Crippen LogP contribution in [0.5, 0.6) is 0 Å². The molecule has 0 heterocycles. The summed E-state index contributed by atoms with van der Waals surface area (Å²) in [6.07, 6.45) is 0. The predicted molar refractivity (Wildman–Crippen MR) is 61.6 cm³/mol. The van der Waals surface area contributed by atoms with E-state index in [0.717, 1.165) is 0 Å². The molecule has 4 heteroatoms. The molecule has 0 aromatic rings. The number of carbonyl (C=O) groups is 1. The van der Waals surface area contributed by atoms with E-state index in [1.165, 1.54) is 0 Å². The third-order valence-corrected chi connectivity index (χ3v) is 2.46. The summed E-state index contributed by atoms with van der Waals surface area (Å²) in [5.74, 6) is 0.00190. The molecule has 0 saturated heterocycles. The molecule has 0 aromatic carbocycles. The van der Waals surface area contributed by atoms with Gasteiger partial charge < -0.3 is 15.4 Å². The van der Waals surface area contributed by atoms with Gasteiger partial charge in [0.05, 0.1) is 12.6 Å². The third kappa shape index (κ3) is 4.62. The third-order valence-electron chi connectivity index (χ3n) is 2.46. The molecule has 0 rings (SSSR count). The van der Waals surface area contributed by atoms with Crippen molar-refractivity contribution in [3.8, 4) is 0 Å². The lowest BCUT2D eigenvalue weighted by Crippen LogP contribution is -2.51. The predicted octanol–water partition coefficient (Wildman–Crippen LogP) is 0.855. The van der Waals surface area contributed by atoms with Crippen LogP contribution < -0.4 is 5.73 Å². The molecule has 0 saturated carbocycles. The fraction of sp³-hybridized carbons (Fsp3) is 0.909. The van der Waals surface area contributed by atoms with Crippen LogP contribution in [0.25, 0.3) is 0 Å². The minimum absolute atomic E-state index is 0.00190. The summed E-state index contributed by atoms with van der Waals surface area (Å²) in [5, 5.41) is 0. The maximum Gasteiger partial charge on any atom is 0.240 e. The second-order valence-corrected chi connectivity index (χ2v) is 4.75. The van der Waals surface area contributed by atoms with E-state index in [1.54, 1.807) is 12.0 Å². The van der Waals surface area contributed by atoms with Crippen molar-refractivity contribution in [1.82, 2.24) is 4.90 Å². The topological polar surface area (TPSA) is 55.6 Å². The molecule has 4 nitrogen and oxygen atoms in total. The van der Waals surface area contributed by atoms with Crippen molar-refractivity contribution in [2.75, 3.05) is 26.8 Å². The lowest BCUT2D eigenvalue weighted by Gasteiger charge is -2.31. The monoisotopic (exact) mass is 216 g/mol. The van der Waals surface area contributed by atoms with Crippen molar-refractivity contribution in [2.24, 2.45) is 11.1 Å². The average molecular weight is 216 g/mol. The van der Waals surface area contributed by atoms with Crippen molar-refractivity contribution in [2.45, 2.75) is 33.7 Å². The van der Waals surface area contributed by atoms with Crippen molar-refractivity contribution in [3.63, 3.8) is 0 Å². The molecule has 0 fully saturated rings. The highest BCUT2D eigenvalue weighted by atomic mass is 16.5. The second-order valence-electron chi connectivity index (χ2n) is 4.75. The van der Waals surface area contributed by atoms with Gasteiger partial charge in [-0.05, 0) is 12.3 Å². The van der Waals surface area contributed by atoms with Crippen LogP contribution in [0.3, 0.4) is 0 Å². The molecule has 0 aliphatic rings. The van der Waals surface area contributed by atoms with Crippen LogP contribution in [0, 0.1) is 5.41 Å². The average Bonchev–Trinajstić information content (AvgIpc) is 2.16. The minimum Gasteiger partial charge on any atom is -0.383 e. The molecular weight excluding hydrogens is 192 g/mol. The van der Waals surface area contributed by atoms with E-state index < -0.39 is 6.04 Å². The van der Waals surface area contributed by atoms with Crippen LogP contribution in [0.4, 0.5) is 0 Å². The first kappa shape index (κ1) is 14.4. The Morgan fingerprint density at radius 2 is 2.00 bits per heavy atom. The first-order valence-corrected chi connectivity index (χ1v) is 5.37. The number of hydrogen-bond donors (Lipinski definition) is 1. The molecule has 0 spiro atoms. The molecule has 0 aromatic heterocycles. The largest absolute Gasteiger partial charge is 0.383 e. The number of rotatable bonds is 5. The van der Waals surface area contributed by atoms with E-state index in [2.05, 4.69) is 0 Å². The SMILES string of the molecule is CCN(CCOC)C(=O)[C@@H](N)C(C)(C)C. The Morgan fingerprint density at radius 1 is 1.47 bits per heavy atom. The summed E-state index contributed by atoms with van der Waals surface area (Å²) in [5.41, 5.74) is 5.71. The van der Waals surface area contributed by atoms with Gasteiger partial charge in [0, 0.05) is 20.2 Å². The minimum atomic E-state index is -0.450. The fourth-order valence-corrected chi connectivity index (χ4v) is 1.19. The zero-order valence-electron chi connectivity index (χ0n) is 10.5. The summed E-state index contributed by atoms with van der Waals surface area (Å²) >= 11 is 0. The summed E-state index contributed by atoms with van der Waals surface area (Å²) in [7, 11) is 1.63. The standard InChI is InChI=1S/C11H24N2O2/c1-6-13(7-8-15-5)10(14)9(12)11(2,3)4/h9H,6-8,12H2,1-5H3/t9-/m1/s1. The lowest BCUT2D eigenvalue weighted by molar-refractivity contribution is -0.135. The molecule has 2 N–H and O–H groups in total. The van der Waals surface area contributed by atoms with Gasteiger partial charge in [0.15, 0.2) is 0 Å². The van der Waals surface area contributed by atoms with E-state index in [9.17, 15) is 4.79 Å². The zero-order valence-corrected chi connectivity index (χ0v) is 10.5. The van der Waals surface area contributed by atoms with Gasteiger partial charge in [-0.1, -0.05) is 20.8 Å². The number of carbonyl (C=O) groups excluding carboxylic acids is 1. The van der Waals surface area contributed by atoms with Crippen molar-refractivity contribution >= 4 is 5.91 Å². The van der Waals surface area contributed by atoms with Crippen LogP contribution in [0.2, 0.25) is 0 Å². The number of amides is 1. The van der Waals surface area contributed by atoms with Gasteiger partial charge in [-0.15, -0.1) is 0 Å². The highest BCUT2D eigenvalue weighted by molar-refractivity contribution is 5.82. The highest BCUT2D eigenvalue weighted by Gasteiger charge is 2.30. The van der Waals surface area contributed by atoms with Gasteiger partial charge >= 0.3 is 0 Å². The molecule has 0 aliphatic carbocycles. The van der Waals surface area contributed by atoms with Gasteiger partial charge in [-0.3, -0.25) is 4.79 Å². The van der Waals surface area contributed by atoms with E-state index in [1.807, 2.05) is 27.7 Å². The summed E-state index contributed by atoms with van der Waals surface area (Å²) in [6, 6.07) is -0.450. The maximum atomic E-state index is 12.0. The molecule has 0 unspecified atom stereocenters. The summed E-state index contributed by atoms with van der Waals surface area (Å²) in [6.45, 7) is 9.69. The quantitative estimate of drug-likeness (QED) is 0.741.